The molecule has 2 aromatic carbocycles. The van der Waals surface area contributed by atoms with E-state index < -0.39 is 11.7 Å². The number of thiazole rings is 1. The highest BCUT2D eigenvalue weighted by Crippen LogP contribution is 2.31. The van der Waals surface area contributed by atoms with Crippen LogP contribution in [-0.2, 0) is 25.7 Å². The van der Waals surface area contributed by atoms with Crippen molar-refractivity contribution in [2.75, 3.05) is 13.7 Å². The maximum Gasteiger partial charge on any atom is 0.416 e. The highest BCUT2D eigenvalue weighted by Gasteiger charge is 2.30. The van der Waals surface area contributed by atoms with Crippen LogP contribution in [0.1, 0.15) is 21.8 Å². The van der Waals surface area contributed by atoms with Gasteiger partial charge in [-0.25, -0.2) is 9.97 Å². The van der Waals surface area contributed by atoms with Gasteiger partial charge in [0.2, 0.25) is 0 Å². The van der Waals surface area contributed by atoms with Gasteiger partial charge in [0.15, 0.2) is 0 Å². The summed E-state index contributed by atoms with van der Waals surface area (Å²) < 4.78 is 43.7. The number of rotatable bonds is 5. The van der Waals surface area contributed by atoms with Crippen molar-refractivity contribution in [2.24, 2.45) is 0 Å². The Morgan fingerprint density at radius 3 is 2.46 bits per heavy atom. The van der Waals surface area contributed by atoms with Crippen molar-refractivity contribution in [3.8, 4) is 28.4 Å². The van der Waals surface area contributed by atoms with E-state index in [-0.39, 0.29) is 11.4 Å². The molecule has 0 aliphatic carbocycles. The van der Waals surface area contributed by atoms with Crippen LogP contribution in [0.15, 0.2) is 58.7 Å². The monoisotopic (exact) mass is 498 g/mol. The van der Waals surface area contributed by atoms with Crippen molar-refractivity contribution in [3.63, 3.8) is 0 Å². The molecule has 1 aliphatic rings. The van der Waals surface area contributed by atoms with Crippen molar-refractivity contribution in [3.05, 3.63) is 86.1 Å². The molecule has 0 unspecified atom stereocenters. The fourth-order valence-corrected chi connectivity index (χ4v) is 4.88. The number of methoxy groups -OCH3 is 1. The van der Waals surface area contributed by atoms with E-state index in [0.717, 1.165) is 34.1 Å². The van der Waals surface area contributed by atoms with Crippen LogP contribution in [0.25, 0.3) is 22.6 Å². The zero-order chi connectivity index (χ0) is 24.6. The number of hydrogen-bond donors (Lipinski definition) is 1. The van der Waals surface area contributed by atoms with E-state index in [1.54, 1.807) is 18.4 Å². The van der Waals surface area contributed by atoms with E-state index in [1.807, 2.05) is 29.6 Å². The maximum absolute atomic E-state index is 12.8. The van der Waals surface area contributed by atoms with Crippen molar-refractivity contribution < 1.29 is 17.9 Å². The molecule has 0 bridgehead atoms. The molecule has 0 fully saturated rings. The number of aromatic nitrogens is 3. The zero-order valence-electron chi connectivity index (χ0n) is 18.7. The van der Waals surface area contributed by atoms with Crippen LogP contribution in [0, 0.1) is 0 Å². The number of benzene rings is 2. The number of nitrogens with zero attached hydrogens (tertiary/aromatic N) is 3. The lowest BCUT2D eigenvalue weighted by molar-refractivity contribution is -0.137. The van der Waals surface area contributed by atoms with Gasteiger partial charge in [0.05, 0.1) is 36.2 Å². The molecule has 4 aromatic rings. The summed E-state index contributed by atoms with van der Waals surface area (Å²) in [4.78, 5) is 27.0. The third-order valence-electron chi connectivity index (χ3n) is 5.93. The number of H-pyrrole nitrogens is 1. The fourth-order valence-electron chi connectivity index (χ4n) is 4.04. The summed E-state index contributed by atoms with van der Waals surface area (Å²) in [6, 6.07) is 12.4. The van der Waals surface area contributed by atoms with Crippen LogP contribution in [0.3, 0.4) is 0 Å². The van der Waals surface area contributed by atoms with E-state index in [4.69, 9.17) is 9.72 Å². The standard InChI is InChI=1S/C25H21F3N4O2S/c1-34-18-8-4-15(5-9-18)21-14-35-22(29-21)13-32-11-10-20-19(12-32)24(33)31-23(30-20)16-2-6-17(7-3-16)25(26,27)28/h2-9,14H,10-13H2,1H3,(H,30,31,33). The summed E-state index contributed by atoms with van der Waals surface area (Å²) in [5, 5.41) is 2.96. The lowest BCUT2D eigenvalue weighted by Crippen LogP contribution is -2.35. The van der Waals surface area contributed by atoms with Crippen LogP contribution >= 0.6 is 11.3 Å². The third-order valence-corrected chi connectivity index (χ3v) is 6.76. The second kappa shape index (κ2) is 9.27. The minimum atomic E-state index is -4.41. The highest BCUT2D eigenvalue weighted by molar-refractivity contribution is 7.09. The summed E-state index contributed by atoms with van der Waals surface area (Å²) >= 11 is 1.57. The number of alkyl halides is 3. The molecule has 0 atom stereocenters. The smallest absolute Gasteiger partial charge is 0.416 e. The van der Waals surface area contributed by atoms with Crippen LogP contribution in [0.2, 0.25) is 0 Å². The molecule has 5 rings (SSSR count). The first-order chi connectivity index (χ1) is 16.8. The van der Waals surface area contributed by atoms with Crippen LogP contribution in [-0.4, -0.2) is 33.5 Å². The molecule has 1 N–H and O–H groups in total. The second-order valence-corrected chi connectivity index (χ2v) is 9.17. The number of fused-ring (bicyclic) bond motifs is 1. The highest BCUT2D eigenvalue weighted by atomic mass is 32.1. The SMILES string of the molecule is COc1ccc(-c2csc(CN3CCc4nc(-c5ccc(C(F)(F)F)cc5)[nH]c(=O)c4C3)n2)cc1. The lowest BCUT2D eigenvalue weighted by Gasteiger charge is -2.26. The van der Waals surface area contributed by atoms with Crippen LogP contribution < -0.4 is 10.3 Å². The van der Waals surface area contributed by atoms with Gasteiger partial charge in [-0.1, -0.05) is 12.1 Å². The minimum Gasteiger partial charge on any atom is -0.497 e. The fraction of sp³-hybridized carbons (Fsp3) is 0.240. The number of nitrogens with one attached hydrogen (secondary N) is 1. The number of halogens is 3. The van der Waals surface area contributed by atoms with Gasteiger partial charge >= 0.3 is 6.18 Å². The molecule has 1 aliphatic heterocycles. The molecule has 180 valence electrons. The molecule has 0 saturated carbocycles. The molecular formula is C25H21F3N4O2S. The summed E-state index contributed by atoms with van der Waals surface area (Å²) in [5.41, 5.74) is 2.59. The molecule has 3 heterocycles. The predicted molar refractivity (Wildman–Crippen MR) is 127 cm³/mol. The normalized spacial score (nSPS) is 14.1. The summed E-state index contributed by atoms with van der Waals surface area (Å²) in [5.74, 6) is 1.07. The first-order valence-electron chi connectivity index (χ1n) is 10.9. The molecule has 0 spiro atoms. The van der Waals surface area contributed by atoms with E-state index in [0.29, 0.717) is 42.9 Å². The van der Waals surface area contributed by atoms with Crippen molar-refractivity contribution in [1.29, 1.82) is 0 Å². The summed E-state index contributed by atoms with van der Waals surface area (Å²) in [7, 11) is 1.63. The molecule has 0 amide bonds. The number of aromatic amines is 1. The average molecular weight is 499 g/mol. The Morgan fingerprint density at radius 2 is 1.77 bits per heavy atom. The Balaban J connectivity index is 1.30. The topological polar surface area (TPSA) is 71.1 Å². The molecule has 0 saturated heterocycles. The Labute approximate surface area is 203 Å². The molecule has 10 heteroatoms. The second-order valence-electron chi connectivity index (χ2n) is 8.23. The van der Waals surface area contributed by atoms with Gasteiger partial charge in [-0.15, -0.1) is 11.3 Å². The molecular weight excluding hydrogens is 477 g/mol. The first-order valence-corrected chi connectivity index (χ1v) is 11.8. The van der Waals surface area contributed by atoms with Gasteiger partial charge in [0, 0.05) is 36.0 Å². The molecule has 6 nitrogen and oxygen atoms in total. The van der Waals surface area contributed by atoms with Crippen molar-refractivity contribution in [1.82, 2.24) is 19.9 Å². The van der Waals surface area contributed by atoms with E-state index >= 15 is 0 Å². The Hall–Kier alpha value is -3.50. The average Bonchev–Trinajstić information content (AvgIpc) is 3.32. The summed E-state index contributed by atoms with van der Waals surface area (Å²) in [6.45, 7) is 1.75. The summed E-state index contributed by atoms with van der Waals surface area (Å²) in [6.07, 6.45) is -3.84. The first kappa shape index (κ1) is 23.3. The zero-order valence-corrected chi connectivity index (χ0v) is 19.5. The Morgan fingerprint density at radius 1 is 1.06 bits per heavy atom. The van der Waals surface area contributed by atoms with Crippen LogP contribution in [0.5, 0.6) is 5.75 Å². The molecule has 35 heavy (non-hydrogen) atoms. The van der Waals surface area contributed by atoms with Gasteiger partial charge in [-0.2, -0.15) is 13.2 Å². The van der Waals surface area contributed by atoms with Crippen molar-refractivity contribution in [2.45, 2.75) is 25.7 Å². The van der Waals surface area contributed by atoms with E-state index in [1.165, 1.54) is 12.1 Å². The van der Waals surface area contributed by atoms with Gasteiger partial charge in [0.25, 0.3) is 5.56 Å². The van der Waals surface area contributed by atoms with Crippen LogP contribution in [0.4, 0.5) is 13.2 Å². The number of hydrogen-bond acceptors (Lipinski definition) is 6. The number of ether oxygens (including phenoxy) is 1. The van der Waals surface area contributed by atoms with Gasteiger partial charge in [-0.3, -0.25) is 9.69 Å². The minimum absolute atomic E-state index is 0.271. The molecule has 2 aromatic heterocycles. The van der Waals surface area contributed by atoms with Crippen molar-refractivity contribution >= 4 is 11.3 Å². The quantitative estimate of drug-likeness (QED) is 0.412. The Kier molecular flexibility index (Phi) is 6.16. The maximum atomic E-state index is 12.8. The molecule has 0 radical (unpaired) electrons. The third kappa shape index (κ3) is 4.98. The van der Waals surface area contributed by atoms with Gasteiger partial charge < -0.3 is 9.72 Å². The van der Waals surface area contributed by atoms with Gasteiger partial charge in [-0.05, 0) is 36.4 Å². The van der Waals surface area contributed by atoms with E-state index in [9.17, 15) is 18.0 Å². The lowest BCUT2D eigenvalue weighted by atomic mass is 10.1. The predicted octanol–water partition coefficient (Wildman–Crippen LogP) is 5.15. The Bertz CT molecular complexity index is 1400. The van der Waals surface area contributed by atoms with E-state index in [2.05, 4.69) is 14.9 Å². The largest absolute Gasteiger partial charge is 0.497 e. The van der Waals surface area contributed by atoms with Gasteiger partial charge in [0.1, 0.15) is 16.6 Å².